The quantitative estimate of drug-likeness (QED) is 0.578. The molecule has 0 unspecified atom stereocenters. The van der Waals surface area contributed by atoms with Crippen LogP contribution in [0, 0.1) is 6.92 Å². The van der Waals surface area contributed by atoms with Gasteiger partial charge in [0.25, 0.3) is 5.56 Å². The van der Waals surface area contributed by atoms with Gasteiger partial charge in [0.1, 0.15) is 0 Å². The second kappa shape index (κ2) is 6.61. The number of H-pyrrole nitrogens is 1. The maximum absolute atomic E-state index is 12.3. The number of halogens is 1. The molecule has 2 aromatic heterocycles. The van der Waals surface area contributed by atoms with Crippen molar-refractivity contribution in [3.05, 3.63) is 75.0 Å². The standard InChI is InChI=1S/C18H15ClN6O/c1-11-6-8-13(9-7-11)20-17-15-16(18(26)23-22-17)25(24-21-15)10-12-4-2-3-5-14(12)19/h2-9H,10H2,1H3,(H,20,22)(H,23,26). The van der Waals surface area contributed by atoms with Crippen molar-refractivity contribution in [3.8, 4) is 0 Å². The highest BCUT2D eigenvalue weighted by molar-refractivity contribution is 6.31. The lowest BCUT2D eigenvalue weighted by molar-refractivity contribution is 0.667. The third-order valence-corrected chi connectivity index (χ3v) is 4.40. The Morgan fingerprint density at radius 2 is 1.92 bits per heavy atom. The summed E-state index contributed by atoms with van der Waals surface area (Å²) >= 11 is 6.21. The fourth-order valence-corrected chi connectivity index (χ4v) is 2.86. The number of anilines is 2. The third kappa shape index (κ3) is 3.04. The lowest BCUT2D eigenvalue weighted by Gasteiger charge is -2.07. The van der Waals surface area contributed by atoms with E-state index in [-0.39, 0.29) is 5.56 Å². The highest BCUT2D eigenvalue weighted by Crippen LogP contribution is 2.22. The number of benzene rings is 2. The molecule has 2 aromatic carbocycles. The minimum atomic E-state index is -0.355. The molecule has 4 aromatic rings. The predicted molar refractivity (Wildman–Crippen MR) is 101 cm³/mol. The Morgan fingerprint density at radius 3 is 2.69 bits per heavy atom. The van der Waals surface area contributed by atoms with Gasteiger partial charge in [-0.05, 0) is 30.7 Å². The van der Waals surface area contributed by atoms with Gasteiger partial charge >= 0.3 is 0 Å². The largest absolute Gasteiger partial charge is 0.337 e. The summed E-state index contributed by atoms with van der Waals surface area (Å²) in [4.78, 5) is 12.3. The molecule has 8 heteroatoms. The average Bonchev–Trinajstić information content (AvgIpc) is 3.06. The van der Waals surface area contributed by atoms with Crippen molar-refractivity contribution in [3.63, 3.8) is 0 Å². The fourth-order valence-electron chi connectivity index (χ4n) is 2.67. The van der Waals surface area contributed by atoms with Gasteiger partial charge in [0.2, 0.25) is 0 Å². The zero-order chi connectivity index (χ0) is 18.1. The van der Waals surface area contributed by atoms with Crippen LogP contribution in [0.5, 0.6) is 0 Å². The molecule has 4 rings (SSSR count). The smallest absolute Gasteiger partial charge is 0.292 e. The van der Waals surface area contributed by atoms with Gasteiger partial charge in [0, 0.05) is 10.7 Å². The third-order valence-electron chi connectivity index (χ3n) is 4.04. The van der Waals surface area contributed by atoms with Crippen molar-refractivity contribution < 1.29 is 0 Å². The van der Waals surface area contributed by atoms with Crippen LogP contribution in [0.2, 0.25) is 5.02 Å². The van der Waals surface area contributed by atoms with Crippen LogP contribution in [0.3, 0.4) is 0 Å². The molecular formula is C18H15ClN6O. The summed E-state index contributed by atoms with van der Waals surface area (Å²) in [6.45, 7) is 2.35. The van der Waals surface area contributed by atoms with E-state index in [1.54, 1.807) is 6.07 Å². The lowest BCUT2D eigenvalue weighted by Crippen LogP contribution is -2.15. The molecule has 0 radical (unpaired) electrons. The molecule has 0 atom stereocenters. The average molecular weight is 367 g/mol. The first kappa shape index (κ1) is 16.3. The summed E-state index contributed by atoms with van der Waals surface area (Å²) in [7, 11) is 0. The van der Waals surface area contributed by atoms with Gasteiger partial charge in [0.15, 0.2) is 16.9 Å². The minimum absolute atomic E-state index is 0.341. The Bertz CT molecular complexity index is 1130. The van der Waals surface area contributed by atoms with Crippen LogP contribution in [0.25, 0.3) is 11.0 Å². The molecule has 0 aliphatic carbocycles. The van der Waals surface area contributed by atoms with Crippen molar-refractivity contribution in [2.75, 3.05) is 5.32 Å². The van der Waals surface area contributed by atoms with Crippen LogP contribution in [-0.2, 0) is 6.54 Å². The molecular weight excluding hydrogens is 352 g/mol. The molecule has 0 fully saturated rings. The first-order valence-electron chi connectivity index (χ1n) is 8.01. The molecule has 2 heterocycles. The number of hydrogen-bond donors (Lipinski definition) is 2. The summed E-state index contributed by atoms with van der Waals surface area (Å²) < 4.78 is 1.53. The molecule has 0 saturated carbocycles. The Morgan fingerprint density at radius 1 is 1.15 bits per heavy atom. The van der Waals surface area contributed by atoms with Gasteiger partial charge in [-0.1, -0.05) is 52.7 Å². The molecule has 2 N–H and O–H groups in total. The predicted octanol–water partition coefficient (Wildman–Crippen LogP) is 3.27. The zero-order valence-electron chi connectivity index (χ0n) is 13.9. The maximum Gasteiger partial charge on any atom is 0.292 e. The van der Waals surface area contributed by atoms with E-state index in [1.807, 2.05) is 49.4 Å². The van der Waals surface area contributed by atoms with Crippen molar-refractivity contribution in [2.45, 2.75) is 13.5 Å². The molecule has 130 valence electrons. The van der Waals surface area contributed by atoms with Crippen LogP contribution < -0.4 is 10.9 Å². The number of aromatic amines is 1. The SMILES string of the molecule is Cc1ccc(Nc2n[nH]c(=O)c3c2nnn3Cc2ccccc2Cl)cc1. The number of nitrogens with zero attached hydrogens (tertiary/aromatic N) is 4. The summed E-state index contributed by atoms with van der Waals surface area (Å²) in [5.74, 6) is 0.439. The van der Waals surface area contributed by atoms with Gasteiger partial charge in [-0.25, -0.2) is 9.78 Å². The van der Waals surface area contributed by atoms with Crippen LogP contribution >= 0.6 is 11.6 Å². The van der Waals surface area contributed by atoms with E-state index >= 15 is 0 Å². The number of aromatic nitrogens is 5. The molecule has 26 heavy (non-hydrogen) atoms. The van der Waals surface area contributed by atoms with Crippen molar-refractivity contribution in [1.82, 2.24) is 25.2 Å². The van der Waals surface area contributed by atoms with Gasteiger partial charge in [-0.15, -0.1) is 5.10 Å². The van der Waals surface area contributed by atoms with E-state index < -0.39 is 0 Å². The first-order valence-corrected chi connectivity index (χ1v) is 8.38. The molecule has 0 spiro atoms. The molecule has 0 aliphatic rings. The van der Waals surface area contributed by atoms with Crippen LogP contribution in [0.1, 0.15) is 11.1 Å². The van der Waals surface area contributed by atoms with Crippen LogP contribution in [0.15, 0.2) is 53.3 Å². The fraction of sp³-hybridized carbons (Fsp3) is 0.111. The van der Waals surface area contributed by atoms with Gasteiger partial charge in [0.05, 0.1) is 6.54 Å². The highest BCUT2D eigenvalue weighted by Gasteiger charge is 2.15. The Labute approximate surface area is 153 Å². The Kier molecular flexibility index (Phi) is 4.14. The van der Waals surface area contributed by atoms with Crippen molar-refractivity contribution in [2.24, 2.45) is 0 Å². The topological polar surface area (TPSA) is 88.5 Å². The Hall–Kier alpha value is -3.19. The highest BCUT2D eigenvalue weighted by atomic mass is 35.5. The summed E-state index contributed by atoms with van der Waals surface area (Å²) in [5.41, 5.74) is 3.24. The monoisotopic (exact) mass is 366 g/mol. The Balaban J connectivity index is 1.75. The normalized spacial score (nSPS) is 11.0. The van der Waals surface area contributed by atoms with E-state index in [0.29, 0.717) is 28.4 Å². The lowest BCUT2D eigenvalue weighted by atomic mass is 10.2. The molecule has 0 amide bonds. The number of aryl methyl sites for hydroxylation is 1. The summed E-state index contributed by atoms with van der Waals surface area (Å²) in [6, 6.07) is 15.3. The van der Waals surface area contributed by atoms with Crippen LogP contribution in [0.4, 0.5) is 11.5 Å². The van der Waals surface area contributed by atoms with Crippen molar-refractivity contribution in [1.29, 1.82) is 0 Å². The number of fused-ring (bicyclic) bond motifs is 1. The minimum Gasteiger partial charge on any atom is -0.337 e. The summed E-state index contributed by atoms with van der Waals surface area (Å²) in [6.07, 6.45) is 0. The summed E-state index contributed by atoms with van der Waals surface area (Å²) in [5, 5.41) is 18.6. The number of nitrogens with one attached hydrogen (secondary N) is 2. The van der Waals surface area contributed by atoms with E-state index in [0.717, 1.165) is 16.8 Å². The maximum atomic E-state index is 12.3. The van der Waals surface area contributed by atoms with E-state index in [1.165, 1.54) is 4.68 Å². The first-order chi connectivity index (χ1) is 12.6. The molecule has 0 saturated heterocycles. The van der Waals surface area contributed by atoms with E-state index in [9.17, 15) is 4.79 Å². The second-order valence-electron chi connectivity index (χ2n) is 5.93. The van der Waals surface area contributed by atoms with Gasteiger partial charge < -0.3 is 5.32 Å². The second-order valence-corrected chi connectivity index (χ2v) is 6.34. The number of hydrogen-bond acceptors (Lipinski definition) is 5. The van der Waals surface area contributed by atoms with Gasteiger partial charge in [-0.2, -0.15) is 5.10 Å². The van der Waals surface area contributed by atoms with Gasteiger partial charge in [-0.3, -0.25) is 4.79 Å². The zero-order valence-corrected chi connectivity index (χ0v) is 14.7. The van der Waals surface area contributed by atoms with Crippen molar-refractivity contribution >= 4 is 34.1 Å². The molecule has 0 bridgehead atoms. The van der Waals surface area contributed by atoms with E-state index in [4.69, 9.17) is 11.6 Å². The van der Waals surface area contributed by atoms with E-state index in [2.05, 4.69) is 25.8 Å². The number of rotatable bonds is 4. The van der Waals surface area contributed by atoms with Crippen LogP contribution in [-0.4, -0.2) is 25.2 Å². The molecule has 7 nitrogen and oxygen atoms in total. The molecule has 0 aliphatic heterocycles.